The van der Waals surface area contributed by atoms with E-state index in [1.54, 1.807) is 0 Å². The first-order chi connectivity index (χ1) is 7.58. The number of halogens is 1. The molecule has 2 aromatic rings. The second-order valence-corrected chi connectivity index (χ2v) is 3.74. The highest BCUT2D eigenvalue weighted by molar-refractivity contribution is 5.65. The molecule has 0 atom stereocenters. The van der Waals surface area contributed by atoms with E-state index in [4.69, 9.17) is 5.73 Å². The number of benzene rings is 1. The van der Waals surface area contributed by atoms with Gasteiger partial charge in [0.25, 0.3) is 0 Å². The van der Waals surface area contributed by atoms with Crippen molar-refractivity contribution in [1.29, 1.82) is 0 Å². The summed E-state index contributed by atoms with van der Waals surface area (Å²) in [5, 5.41) is 0. The van der Waals surface area contributed by atoms with Gasteiger partial charge in [0, 0.05) is 5.56 Å². The van der Waals surface area contributed by atoms with Crippen LogP contribution in [0.5, 0.6) is 0 Å². The first-order valence-electron chi connectivity index (χ1n) is 4.93. The lowest BCUT2D eigenvalue weighted by molar-refractivity contribution is 0.619. The Kier molecular flexibility index (Phi) is 2.56. The van der Waals surface area contributed by atoms with E-state index >= 15 is 0 Å². The summed E-state index contributed by atoms with van der Waals surface area (Å²) in [6, 6.07) is 5.74. The molecule has 0 radical (unpaired) electrons. The number of nitrogens with two attached hydrogens (primary N) is 1. The predicted molar refractivity (Wildman–Crippen MR) is 61.3 cm³/mol. The third-order valence-electron chi connectivity index (χ3n) is 2.40. The van der Waals surface area contributed by atoms with E-state index in [1.807, 2.05) is 32.0 Å². The van der Waals surface area contributed by atoms with Gasteiger partial charge in [0.15, 0.2) is 5.82 Å². The van der Waals surface area contributed by atoms with Crippen LogP contribution in [0, 0.1) is 19.7 Å². The summed E-state index contributed by atoms with van der Waals surface area (Å²) in [6.45, 7) is 3.90. The molecule has 2 rings (SSSR count). The molecule has 2 N–H and O–H groups in total. The average Bonchev–Trinajstić information content (AvgIpc) is 2.22. The van der Waals surface area contributed by atoms with Gasteiger partial charge in [0.2, 0.25) is 5.95 Å². The van der Waals surface area contributed by atoms with Crippen LogP contribution in [0.25, 0.3) is 11.3 Å². The second kappa shape index (κ2) is 3.89. The molecule has 0 aliphatic heterocycles. The Morgan fingerprint density at radius 1 is 1.25 bits per heavy atom. The minimum Gasteiger partial charge on any atom is -0.368 e. The highest BCUT2D eigenvalue weighted by atomic mass is 19.1. The summed E-state index contributed by atoms with van der Waals surface area (Å²) >= 11 is 0. The Morgan fingerprint density at radius 3 is 2.69 bits per heavy atom. The molecule has 3 nitrogen and oxygen atoms in total. The zero-order valence-electron chi connectivity index (χ0n) is 9.16. The van der Waals surface area contributed by atoms with Gasteiger partial charge < -0.3 is 5.73 Å². The first kappa shape index (κ1) is 10.5. The van der Waals surface area contributed by atoms with E-state index in [1.165, 1.54) is 0 Å². The van der Waals surface area contributed by atoms with Gasteiger partial charge in [-0.05, 0) is 19.4 Å². The number of aromatic nitrogens is 2. The van der Waals surface area contributed by atoms with Crippen LogP contribution in [0.2, 0.25) is 0 Å². The third-order valence-corrected chi connectivity index (χ3v) is 2.40. The standard InChI is InChI=1S/C12H12FN3/c1-7-3-4-9(8(2)5-7)11-10(13)6-15-12(14)16-11/h3-6H,1-2H3,(H2,14,15,16). The van der Waals surface area contributed by atoms with Crippen molar-refractivity contribution in [3.8, 4) is 11.3 Å². The van der Waals surface area contributed by atoms with Gasteiger partial charge in [0.1, 0.15) is 5.69 Å². The van der Waals surface area contributed by atoms with Crippen LogP contribution in [0.1, 0.15) is 11.1 Å². The third kappa shape index (κ3) is 1.86. The Hall–Kier alpha value is -1.97. The maximum atomic E-state index is 13.6. The summed E-state index contributed by atoms with van der Waals surface area (Å²) in [5.41, 5.74) is 8.56. The van der Waals surface area contributed by atoms with Gasteiger partial charge in [-0.25, -0.2) is 14.4 Å². The molecule has 0 saturated heterocycles. The molecule has 1 heterocycles. The van der Waals surface area contributed by atoms with Crippen molar-refractivity contribution in [1.82, 2.24) is 9.97 Å². The quantitative estimate of drug-likeness (QED) is 0.798. The fourth-order valence-electron chi connectivity index (χ4n) is 1.65. The Bertz CT molecular complexity index is 538. The van der Waals surface area contributed by atoms with Crippen LogP contribution in [0.3, 0.4) is 0 Å². The van der Waals surface area contributed by atoms with Crippen molar-refractivity contribution in [3.63, 3.8) is 0 Å². The number of hydrogen-bond donors (Lipinski definition) is 1. The van der Waals surface area contributed by atoms with Crippen LogP contribution >= 0.6 is 0 Å². The number of anilines is 1. The van der Waals surface area contributed by atoms with Crippen molar-refractivity contribution in [3.05, 3.63) is 41.3 Å². The van der Waals surface area contributed by atoms with Crippen molar-refractivity contribution < 1.29 is 4.39 Å². The van der Waals surface area contributed by atoms with Crippen LogP contribution in [-0.2, 0) is 0 Å². The highest BCUT2D eigenvalue weighted by Gasteiger charge is 2.10. The molecule has 4 heteroatoms. The van der Waals surface area contributed by atoms with E-state index in [0.29, 0.717) is 0 Å². The summed E-state index contributed by atoms with van der Waals surface area (Å²) in [4.78, 5) is 7.53. The normalized spacial score (nSPS) is 10.4. The maximum absolute atomic E-state index is 13.6. The van der Waals surface area contributed by atoms with Crippen LogP contribution in [-0.4, -0.2) is 9.97 Å². The second-order valence-electron chi connectivity index (χ2n) is 3.74. The average molecular weight is 217 g/mol. The van der Waals surface area contributed by atoms with Crippen molar-refractivity contribution in [2.75, 3.05) is 5.73 Å². The largest absolute Gasteiger partial charge is 0.368 e. The van der Waals surface area contributed by atoms with Gasteiger partial charge in [-0.2, -0.15) is 0 Å². The number of hydrogen-bond acceptors (Lipinski definition) is 3. The predicted octanol–water partition coefficient (Wildman–Crippen LogP) is 2.48. The minimum absolute atomic E-state index is 0.0800. The number of rotatable bonds is 1. The van der Waals surface area contributed by atoms with Gasteiger partial charge in [-0.15, -0.1) is 0 Å². The molecule has 0 spiro atoms. The molecule has 1 aromatic heterocycles. The molecule has 0 fully saturated rings. The highest BCUT2D eigenvalue weighted by Crippen LogP contribution is 2.24. The lowest BCUT2D eigenvalue weighted by Crippen LogP contribution is -1.99. The molecular weight excluding hydrogens is 205 g/mol. The van der Waals surface area contributed by atoms with E-state index < -0.39 is 5.82 Å². The van der Waals surface area contributed by atoms with Gasteiger partial charge >= 0.3 is 0 Å². The topological polar surface area (TPSA) is 51.8 Å². The first-order valence-corrected chi connectivity index (χ1v) is 4.93. The molecule has 16 heavy (non-hydrogen) atoms. The molecule has 1 aromatic carbocycles. The molecule has 82 valence electrons. The van der Waals surface area contributed by atoms with Crippen LogP contribution in [0.15, 0.2) is 24.4 Å². The van der Waals surface area contributed by atoms with Gasteiger partial charge in [-0.3, -0.25) is 0 Å². The molecule has 0 bridgehead atoms. The summed E-state index contributed by atoms with van der Waals surface area (Å²) in [6.07, 6.45) is 1.09. The Labute approximate surface area is 93.2 Å². The number of aryl methyl sites for hydroxylation is 2. The summed E-state index contributed by atoms with van der Waals surface area (Å²) < 4.78 is 13.6. The SMILES string of the molecule is Cc1ccc(-c2nc(N)ncc2F)c(C)c1. The number of nitrogens with zero attached hydrogens (tertiary/aromatic N) is 2. The van der Waals surface area contributed by atoms with Crippen molar-refractivity contribution in [2.45, 2.75) is 13.8 Å². The smallest absolute Gasteiger partial charge is 0.220 e. The molecule has 0 aliphatic rings. The summed E-state index contributed by atoms with van der Waals surface area (Å²) in [7, 11) is 0. The van der Waals surface area contributed by atoms with Crippen LogP contribution < -0.4 is 5.73 Å². The van der Waals surface area contributed by atoms with E-state index in [9.17, 15) is 4.39 Å². The van der Waals surface area contributed by atoms with Gasteiger partial charge in [0.05, 0.1) is 6.20 Å². The zero-order chi connectivity index (χ0) is 11.7. The molecular formula is C12H12FN3. The van der Waals surface area contributed by atoms with Crippen LogP contribution in [0.4, 0.5) is 10.3 Å². The lowest BCUT2D eigenvalue weighted by Gasteiger charge is -2.07. The zero-order valence-corrected chi connectivity index (χ0v) is 9.16. The molecule has 0 amide bonds. The number of nitrogen functional groups attached to an aromatic ring is 1. The van der Waals surface area contributed by atoms with E-state index in [0.717, 1.165) is 22.9 Å². The van der Waals surface area contributed by atoms with E-state index in [-0.39, 0.29) is 11.6 Å². The Morgan fingerprint density at radius 2 is 2.00 bits per heavy atom. The molecule has 0 aliphatic carbocycles. The Balaban J connectivity index is 2.62. The fraction of sp³-hybridized carbons (Fsp3) is 0.167. The van der Waals surface area contributed by atoms with Crippen molar-refractivity contribution >= 4 is 5.95 Å². The fourth-order valence-corrected chi connectivity index (χ4v) is 1.65. The molecule has 0 saturated carbocycles. The molecule has 0 unspecified atom stereocenters. The van der Waals surface area contributed by atoms with Gasteiger partial charge in [-0.1, -0.05) is 23.8 Å². The minimum atomic E-state index is -0.457. The van der Waals surface area contributed by atoms with Crippen molar-refractivity contribution in [2.24, 2.45) is 0 Å². The van der Waals surface area contributed by atoms with E-state index in [2.05, 4.69) is 9.97 Å². The lowest BCUT2D eigenvalue weighted by atomic mass is 10.0. The monoisotopic (exact) mass is 217 g/mol. The summed E-state index contributed by atoms with van der Waals surface area (Å²) in [5.74, 6) is -0.377. The maximum Gasteiger partial charge on any atom is 0.220 e.